The zero-order valence-corrected chi connectivity index (χ0v) is 11.5. The Kier molecular flexibility index (Phi) is 5.45. The van der Waals surface area contributed by atoms with Gasteiger partial charge in [0.25, 0.3) is 0 Å². The summed E-state index contributed by atoms with van der Waals surface area (Å²) in [6.45, 7) is 6.41. The van der Waals surface area contributed by atoms with Gasteiger partial charge in [-0.1, -0.05) is 0 Å². The molecule has 0 spiro atoms. The molecular weight excluding hydrogens is 228 g/mol. The maximum absolute atomic E-state index is 12.2. The van der Waals surface area contributed by atoms with Crippen LogP contribution in [0.4, 0.5) is 0 Å². The van der Waals surface area contributed by atoms with Gasteiger partial charge in [0, 0.05) is 19.2 Å². The molecule has 1 amide bonds. The van der Waals surface area contributed by atoms with Crippen LogP contribution in [0.2, 0.25) is 0 Å². The third kappa shape index (κ3) is 3.45. The van der Waals surface area contributed by atoms with Crippen molar-refractivity contribution < 1.29 is 9.53 Å². The van der Waals surface area contributed by atoms with Gasteiger partial charge in [0.1, 0.15) is 0 Å². The number of hydrogen-bond acceptors (Lipinski definition) is 3. The zero-order valence-electron chi connectivity index (χ0n) is 11.5. The number of rotatable bonds is 5. The van der Waals surface area contributed by atoms with Gasteiger partial charge in [-0.05, 0) is 51.6 Å². The second-order valence-corrected chi connectivity index (χ2v) is 5.35. The third-order valence-electron chi connectivity index (χ3n) is 4.16. The third-order valence-corrected chi connectivity index (χ3v) is 4.16. The van der Waals surface area contributed by atoms with Crippen molar-refractivity contribution in [3.05, 3.63) is 0 Å². The van der Waals surface area contributed by atoms with E-state index in [1.165, 1.54) is 25.7 Å². The molecule has 0 aromatic heterocycles. The second kappa shape index (κ2) is 7.10. The van der Waals surface area contributed by atoms with Crippen LogP contribution in [0.3, 0.4) is 0 Å². The normalized spacial score (nSPS) is 28.6. The molecule has 2 saturated heterocycles. The first-order valence-electron chi connectivity index (χ1n) is 7.41. The van der Waals surface area contributed by atoms with Crippen LogP contribution in [0.25, 0.3) is 0 Å². The number of amides is 1. The van der Waals surface area contributed by atoms with Gasteiger partial charge in [-0.3, -0.25) is 4.79 Å². The summed E-state index contributed by atoms with van der Waals surface area (Å²) in [5, 5.41) is 3.46. The van der Waals surface area contributed by atoms with Crippen molar-refractivity contribution >= 4 is 5.91 Å². The van der Waals surface area contributed by atoms with Gasteiger partial charge in [-0.15, -0.1) is 0 Å². The monoisotopic (exact) mass is 254 g/mol. The zero-order chi connectivity index (χ0) is 12.8. The average Bonchev–Trinajstić information content (AvgIpc) is 2.89. The predicted molar refractivity (Wildman–Crippen MR) is 71.4 cm³/mol. The molecule has 0 saturated carbocycles. The van der Waals surface area contributed by atoms with Crippen molar-refractivity contribution in [3.63, 3.8) is 0 Å². The van der Waals surface area contributed by atoms with Crippen molar-refractivity contribution in [2.45, 2.75) is 45.1 Å². The lowest BCUT2D eigenvalue weighted by Gasteiger charge is -2.34. The minimum absolute atomic E-state index is 0.288. The highest BCUT2D eigenvalue weighted by Gasteiger charge is 2.34. The Morgan fingerprint density at radius 2 is 2.28 bits per heavy atom. The Hall–Kier alpha value is -0.610. The molecule has 2 aliphatic rings. The highest BCUT2D eigenvalue weighted by Crippen LogP contribution is 2.28. The lowest BCUT2D eigenvalue weighted by molar-refractivity contribution is -0.134. The molecule has 0 aromatic rings. The van der Waals surface area contributed by atoms with Gasteiger partial charge in [0.15, 0.2) is 0 Å². The molecule has 2 rings (SSSR count). The lowest BCUT2D eigenvalue weighted by Crippen LogP contribution is -2.45. The Morgan fingerprint density at radius 3 is 3.00 bits per heavy atom. The molecule has 2 aliphatic heterocycles. The number of carbonyl (C=O) groups is 1. The second-order valence-electron chi connectivity index (χ2n) is 5.35. The van der Waals surface area contributed by atoms with Crippen LogP contribution in [0.5, 0.6) is 0 Å². The minimum atomic E-state index is 0.288. The van der Waals surface area contributed by atoms with E-state index >= 15 is 0 Å². The SMILES string of the molecule is CCOCCC(=O)N1CCCC1C1CCCNC1. The van der Waals surface area contributed by atoms with Gasteiger partial charge in [0.2, 0.25) is 5.91 Å². The quantitative estimate of drug-likeness (QED) is 0.754. The maximum Gasteiger partial charge on any atom is 0.225 e. The van der Waals surface area contributed by atoms with E-state index in [4.69, 9.17) is 4.74 Å². The fourth-order valence-electron chi connectivity index (χ4n) is 3.25. The summed E-state index contributed by atoms with van der Waals surface area (Å²) in [6, 6.07) is 0.479. The van der Waals surface area contributed by atoms with E-state index in [1.807, 2.05) is 6.92 Å². The van der Waals surface area contributed by atoms with Gasteiger partial charge < -0.3 is 15.0 Å². The van der Waals surface area contributed by atoms with Crippen LogP contribution >= 0.6 is 0 Å². The minimum Gasteiger partial charge on any atom is -0.381 e. The molecular formula is C14H26N2O2. The topological polar surface area (TPSA) is 41.6 Å². The smallest absolute Gasteiger partial charge is 0.225 e. The van der Waals surface area contributed by atoms with Gasteiger partial charge >= 0.3 is 0 Å². The van der Waals surface area contributed by atoms with Gasteiger partial charge in [-0.25, -0.2) is 0 Å². The van der Waals surface area contributed by atoms with Crippen LogP contribution < -0.4 is 5.32 Å². The summed E-state index contributed by atoms with van der Waals surface area (Å²) in [5.74, 6) is 0.953. The van der Waals surface area contributed by atoms with E-state index in [0.717, 1.165) is 19.6 Å². The molecule has 0 aliphatic carbocycles. The number of hydrogen-bond donors (Lipinski definition) is 1. The average molecular weight is 254 g/mol. The molecule has 104 valence electrons. The number of ether oxygens (including phenoxy) is 1. The largest absolute Gasteiger partial charge is 0.381 e. The summed E-state index contributed by atoms with van der Waals surface area (Å²) in [6.07, 6.45) is 5.42. The molecule has 2 atom stereocenters. The van der Waals surface area contributed by atoms with E-state index in [0.29, 0.717) is 31.6 Å². The van der Waals surface area contributed by atoms with Crippen molar-refractivity contribution in [3.8, 4) is 0 Å². The van der Waals surface area contributed by atoms with Crippen LogP contribution in [-0.4, -0.2) is 49.7 Å². The van der Waals surface area contributed by atoms with Gasteiger partial charge in [0.05, 0.1) is 13.0 Å². The fourth-order valence-corrected chi connectivity index (χ4v) is 3.25. The number of carbonyl (C=O) groups excluding carboxylic acids is 1. The van der Waals surface area contributed by atoms with E-state index in [9.17, 15) is 4.79 Å². The van der Waals surface area contributed by atoms with Crippen molar-refractivity contribution in [2.75, 3.05) is 32.8 Å². The summed E-state index contributed by atoms with van der Waals surface area (Å²) in [7, 11) is 0. The predicted octanol–water partition coefficient (Wildman–Crippen LogP) is 1.40. The van der Waals surface area contributed by atoms with E-state index in [1.54, 1.807) is 0 Å². The molecule has 18 heavy (non-hydrogen) atoms. The maximum atomic E-state index is 12.2. The molecule has 2 fully saturated rings. The van der Waals surface area contributed by atoms with E-state index in [-0.39, 0.29) is 5.91 Å². The summed E-state index contributed by atoms with van der Waals surface area (Å²) < 4.78 is 5.28. The summed E-state index contributed by atoms with van der Waals surface area (Å²) in [4.78, 5) is 14.3. The first-order valence-corrected chi connectivity index (χ1v) is 7.41. The number of nitrogens with one attached hydrogen (secondary N) is 1. The standard InChI is InChI=1S/C14H26N2O2/c1-2-18-10-7-14(17)16-9-4-6-13(16)12-5-3-8-15-11-12/h12-13,15H,2-11H2,1H3. The van der Waals surface area contributed by atoms with Crippen LogP contribution in [0.15, 0.2) is 0 Å². The van der Waals surface area contributed by atoms with Crippen molar-refractivity contribution in [2.24, 2.45) is 5.92 Å². The van der Waals surface area contributed by atoms with Crippen molar-refractivity contribution in [1.82, 2.24) is 10.2 Å². The highest BCUT2D eigenvalue weighted by atomic mass is 16.5. The van der Waals surface area contributed by atoms with E-state index < -0.39 is 0 Å². The number of nitrogens with zero attached hydrogens (tertiary/aromatic N) is 1. The molecule has 0 radical (unpaired) electrons. The Morgan fingerprint density at radius 1 is 1.39 bits per heavy atom. The lowest BCUT2D eigenvalue weighted by atomic mass is 9.90. The van der Waals surface area contributed by atoms with Crippen LogP contribution in [0.1, 0.15) is 39.0 Å². The molecule has 0 bridgehead atoms. The molecule has 0 aromatic carbocycles. The van der Waals surface area contributed by atoms with Crippen molar-refractivity contribution in [1.29, 1.82) is 0 Å². The fraction of sp³-hybridized carbons (Fsp3) is 0.929. The first kappa shape index (κ1) is 13.8. The number of piperidine rings is 1. The molecule has 2 unspecified atom stereocenters. The van der Waals surface area contributed by atoms with Gasteiger partial charge in [-0.2, -0.15) is 0 Å². The molecule has 2 heterocycles. The Balaban J connectivity index is 1.84. The highest BCUT2D eigenvalue weighted by molar-refractivity contribution is 5.77. The molecule has 4 nitrogen and oxygen atoms in total. The summed E-state index contributed by atoms with van der Waals surface area (Å²) in [5.41, 5.74) is 0. The van der Waals surface area contributed by atoms with Crippen LogP contribution in [0, 0.1) is 5.92 Å². The Labute approximate surface area is 110 Å². The van der Waals surface area contributed by atoms with Crippen LogP contribution in [-0.2, 0) is 9.53 Å². The molecule has 4 heteroatoms. The Bertz CT molecular complexity index is 265. The number of likely N-dealkylation sites (tertiary alicyclic amines) is 1. The van der Waals surface area contributed by atoms with E-state index in [2.05, 4.69) is 10.2 Å². The first-order chi connectivity index (χ1) is 8.83. The molecule has 1 N–H and O–H groups in total. The summed E-state index contributed by atoms with van der Waals surface area (Å²) >= 11 is 0.